The molecule has 2 aromatic carbocycles. The summed E-state index contributed by atoms with van der Waals surface area (Å²) in [6, 6.07) is 10.8. The largest absolute Gasteiger partial charge is 0.489 e. The van der Waals surface area contributed by atoms with Gasteiger partial charge in [0.1, 0.15) is 6.61 Å². The molecule has 1 aliphatic heterocycles. The lowest BCUT2D eigenvalue weighted by atomic mass is 10.0. The van der Waals surface area contributed by atoms with E-state index in [0.29, 0.717) is 18.0 Å². The van der Waals surface area contributed by atoms with E-state index < -0.39 is 0 Å². The van der Waals surface area contributed by atoms with Crippen LogP contribution in [0.4, 0.5) is 10.1 Å². The molecule has 0 bridgehead atoms. The van der Waals surface area contributed by atoms with Crippen LogP contribution in [-0.2, 0) is 0 Å². The van der Waals surface area contributed by atoms with Crippen molar-refractivity contribution in [1.29, 1.82) is 0 Å². The van der Waals surface area contributed by atoms with Crippen molar-refractivity contribution in [3.63, 3.8) is 0 Å². The maximum Gasteiger partial charge on any atom is 0.165 e. The van der Waals surface area contributed by atoms with E-state index in [4.69, 9.17) is 10.5 Å². The van der Waals surface area contributed by atoms with E-state index in [2.05, 4.69) is 4.90 Å². The predicted octanol–water partition coefficient (Wildman–Crippen LogP) is 3.86. The molecule has 0 amide bonds. The summed E-state index contributed by atoms with van der Waals surface area (Å²) in [5, 5.41) is 0. The number of ether oxygens (including phenoxy) is 1. The lowest BCUT2D eigenvalue weighted by Gasteiger charge is -2.17. The Balaban J connectivity index is 1.79. The molecule has 0 aliphatic carbocycles. The Morgan fingerprint density at radius 3 is 2.70 bits per heavy atom. The molecule has 2 N–H and O–H groups in total. The average Bonchev–Trinajstić information content (AvgIpc) is 3.05. The summed E-state index contributed by atoms with van der Waals surface area (Å²) in [6.45, 7) is 5.52. The highest BCUT2D eigenvalue weighted by Gasteiger charge is 2.15. The molecule has 0 atom stereocenters. The van der Waals surface area contributed by atoms with Gasteiger partial charge in [-0.2, -0.15) is 0 Å². The summed E-state index contributed by atoms with van der Waals surface area (Å²) in [6.07, 6.45) is 2.49. The van der Waals surface area contributed by atoms with Gasteiger partial charge in [-0.25, -0.2) is 4.39 Å². The molecule has 0 aromatic heterocycles. The molecule has 3 nitrogen and oxygen atoms in total. The first-order valence-corrected chi connectivity index (χ1v) is 8.15. The summed E-state index contributed by atoms with van der Waals surface area (Å²) in [7, 11) is 0. The van der Waals surface area contributed by atoms with Gasteiger partial charge in [-0.1, -0.05) is 24.3 Å². The first-order chi connectivity index (χ1) is 11.1. The number of nitrogens with zero attached hydrogens (tertiary/aromatic N) is 1. The highest BCUT2D eigenvalue weighted by molar-refractivity contribution is 5.74. The van der Waals surface area contributed by atoms with Crippen LogP contribution in [0.1, 0.15) is 18.4 Å². The third kappa shape index (κ3) is 3.64. The Labute approximate surface area is 136 Å². The molecule has 0 radical (unpaired) electrons. The normalized spacial score (nSPS) is 15.0. The molecule has 1 aliphatic rings. The molecule has 1 heterocycles. The van der Waals surface area contributed by atoms with Crippen LogP contribution < -0.4 is 10.5 Å². The van der Waals surface area contributed by atoms with Gasteiger partial charge in [-0.15, -0.1) is 0 Å². The van der Waals surface area contributed by atoms with E-state index in [1.54, 1.807) is 6.07 Å². The number of nitrogens with two attached hydrogens (primary N) is 1. The van der Waals surface area contributed by atoms with Gasteiger partial charge < -0.3 is 10.5 Å². The summed E-state index contributed by atoms with van der Waals surface area (Å²) >= 11 is 0. The lowest BCUT2D eigenvalue weighted by Crippen LogP contribution is -2.25. The molecule has 0 unspecified atom stereocenters. The first-order valence-electron chi connectivity index (χ1n) is 8.15. The number of benzene rings is 2. The molecular formula is C19H23FN2O. The van der Waals surface area contributed by atoms with Gasteiger partial charge in [-0.05, 0) is 56.1 Å². The molecule has 1 saturated heterocycles. The Kier molecular flexibility index (Phi) is 4.82. The SMILES string of the molecule is Cc1ccc(-c2cccc(F)c2OCCN2CCCC2)cc1N. The van der Waals surface area contributed by atoms with E-state index in [9.17, 15) is 4.39 Å². The molecule has 0 saturated carbocycles. The quantitative estimate of drug-likeness (QED) is 0.852. The van der Waals surface area contributed by atoms with Crippen LogP contribution in [0.3, 0.4) is 0 Å². The van der Waals surface area contributed by atoms with Gasteiger partial charge in [0.2, 0.25) is 0 Å². The van der Waals surface area contributed by atoms with Gasteiger partial charge >= 0.3 is 0 Å². The van der Waals surface area contributed by atoms with E-state index in [1.807, 2.05) is 31.2 Å². The minimum atomic E-state index is -0.330. The Morgan fingerprint density at radius 2 is 1.96 bits per heavy atom. The van der Waals surface area contributed by atoms with E-state index >= 15 is 0 Å². The van der Waals surface area contributed by atoms with Crippen molar-refractivity contribution >= 4 is 5.69 Å². The number of anilines is 1. The fourth-order valence-corrected chi connectivity index (χ4v) is 2.97. The third-order valence-electron chi connectivity index (χ3n) is 4.41. The Hall–Kier alpha value is -2.07. The molecule has 1 fully saturated rings. The number of rotatable bonds is 5. The smallest absolute Gasteiger partial charge is 0.165 e. The Bertz CT molecular complexity index is 681. The lowest BCUT2D eigenvalue weighted by molar-refractivity contribution is 0.232. The topological polar surface area (TPSA) is 38.5 Å². The van der Waals surface area contributed by atoms with Crippen molar-refractivity contribution in [2.45, 2.75) is 19.8 Å². The summed E-state index contributed by atoms with van der Waals surface area (Å²) in [5.74, 6) is -0.0157. The maximum atomic E-state index is 14.2. The van der Waals surface area contributed by atoms with E-state index in [1.165, 1.54) is 18.9 Å². The van der Waals surface area contributed by atoms with Crippen LogP contribution in [-0.4, -0.2) is 31.1 Å². The molecule has 3 rings (SSSR count). The van der Waals surface area contributed by atoms with Crippen molar-refractivity contribution < 1.29 is 9.13 Å². The van der Waals surface area contributed by atoms with Crippen LogP contribution in [0.5, 0.6) is 5.75 Å². The van der Waals surface area contributed by atoms with Gasteiger partial charge in [0.15, 0.2) is 11.6 Å². The molecule has 2 aromatic rings. The fourth-order valence-electron chi connectivity index (χ4n) is 2.97. The number of para-hydroxylation sites is 1. The fraction of sp³-hybridized carbons (Fsp3) is 0.368. The van der Waals surface area contributed by atoms with E-state index in [-0.39, 0.29) is 5.82 Å². The average molecular weight is 314 g/mol. The third-order valence-corrected chi connectivity index (χ3v) is 4.41. The van der Waals surface area contributed by atoms with Gasteiger partial charge in [0.05, 0.1) is 0 Å². The summed E-state index contributed by atoms with van der Waals surface area (Å²) < 4.78 is 20.0. The van der Waals surface area contributed by atoms with Crippen molar-refractivity contribution in [3.05, 3.63) is 47.8 Å². The molecule has 23 heavy (non-hydrogen) atoms. The zero-order chi connectivity index (χ0) is 16.2. The number of nitrogen functional groups attached to an aromatic ring is 1. The zero-order valence-electron chi connectivity index (χ0n) is 13.5. The molecule has 0 spiro atoms. The monoisotopic (exact) mass is 314 g/mol. The predicted molar refractivity (Wildman–Crippen MR) is 92.2 cm³/mol. The van der Waals surface area contributed by atoms with Crippen LogP contribution in [0.15, 0.2) is 36.4 Å². The van der Waals surface area contributed by atoms with Crippen LogP contribution in [0.2, 0.25) is 0 Å². The van der Waals surface area contributed by atoms with E-state index in [0.717, 1.165) is 36.3 Å². The van der Waals surface area contributed by atoms with Crippen molar-refractivity contribution in [2.24, 2.45) is 0 Å². The minimum Gasteiger partial charge on any atom is -0.489 e. The molecule has 4 heteroatoms. The number of likely N-dealkylation sites (tertiary alicyclic amines) is 1. The number of hydrogen-bond donors (Lipinski definition) is 1. The highest BCUT2D eigenvalue weighted by atomic mass is 19.1. The number of halogens is 1. The highest BCUT2D eigenvalue weighted by Crippen LogP contribution is 2.34. The second-order valence-electron chi connectivity index (χ2n) is 6.09. The van der Waals surface area contributed by atoms with Crippen molar-refractivity contribution in [3.8, 4) is 16.9 Å². The number of aryl methyl sites for hydroxylation is 1. The second-order valence-corrected chi connectivity index (χ2v) is 6.09. The molecule has 122 valence electrons. The van der Waals surface area contributed by atoms with Gasteiger partial charge in [0.25, 0.3) is 0 Å². The van der Waals surface area contributed by atoms with Crippen LogP contribution in [0.25, 0.3) is 11.1 Å². The minimum absolute atomic E-state index is 0.315. The van der Waals surface area contributed by atoms with Crippen LogP contribution in [0, 0.1) is 12.7 Å². The van der Waals surface area contributed by atoms with Gasteiger partial charge in [-0.3, -0.25) is 4.90 Å². The first kappa shape index (κ1) is 15.8. The summed E-state index contributed by atoms with van der Waals surface area (Å²) in [4.78, 5) is 2.35. The Morgan fingerprint density at radius 1 is 1.17 bits per heavy atom. The van der Waals surface area contributed by atoms with Crippen molar-refractivity contribution in [1.82, 2.24) is 4.90 Å². The van der Waals surface area contributed by atoms with Crippen LogP contribution >= 0.6 is 0 Å². The maximum absolute atomic E-state index is 14.2. The second kappa shape index (κ2) is 7.01. The summed E-state index contributed by atoms with van der Waals surface area (Å²) in [5.41, 5.74) is 9.33. The number of hydrogen-bond acceptors (Lipinski definition) is 3. The zero-order valence-corrected chi connectivity index (χ0v) is 13.5. The van der Waals surface area contributed by atoms with Crippen molar-refractivity contribution in [2.75, 3.05) is 32.0 Å². The standard InChI is InChI=1S/C19H23FN2O/c1-14-7-8-15(13-18(14)21)16-5-4-6-17(20)19(16)23-12-11-22-9-2-3-10-22/h4-8,13H,2-3,9-12,21H2,1H3. The van der Waals surface area contributed by atoms with Gasteiger partial charge in [0, 0.05) is 17.8 Å². The molecular weight excluding hydrogens is 291 g/mol.